The van der Waals surface area contributed by atoms with Crippen LogP contribution in [0.15, 0.2) is 42.5 Å². The predicted octanol–water partition coefficient (Wildman–Crippen LogP) is 5.95. The van der Waals surface area contributed by atoms with E-state index in [9.17, 15) is 13.2 Å². The molecule has 2 aromatic rings. The van der Waals surface area contributed by atoms with E-state index in [4.69, 9.17) is 12.2 Å². The fourth-order valence-corrected chi connectivity index (χ4v) is 2.61. The number of nitrogens with one attached hydrogen (secondary N) is 2. The maximum absolute atomic E-state index is 12.8. The molecule has 0 saturated heterocycles. The zero-order valence-electron chi connectivity index (χ0n) is 13.7. The van der Waals surface area contributed by atoms with Gasteiger partial charge in [0.05, 0.1) is 5.56 Å². The van der Waals surface area contributed by atoms with Crippen LogP contribution in [0.25, 0.3) is 0 Å². The molecular weight excluding hydrogens is 333 g/mol. The summed E-state index contributed by atoms with van der Waals surface area (Å²) in [6.07, 6.45) is -4.38. The topological polar surface area (TPSA) is 24.1 Å². The van der Waals surface area contributed by atoms with Crippen molar-refractivity contribution in [3.05, 3.63) is 59.2 Å². The summed E-state index contributed by atoms with van der Waals surface area (Å²) >= 11 is 5.26. The third-order valence-electron chi connectivity index (χ3n) is 3.61. The van der Waals surface area contributed by atoms with Crippen molar-refractivity contribution in [2.75, 3.05) is 10.6 Å². The number of anilines is 2. The number of thiocarbonyl (C=S) groups is 1. The summed E-state index contributed by atoms with van der Waals surface area (Å²) in [5.41, 5.74) is 2.59. The highest BCUT2D eigenvalue weighted by atomic mass is 32.1. The van der Waals surface area contributed by atoms with Gasteiger partial charge in [0.15, 0.2) is 5.11 Å². The number of para-hydroxylation sites is 1. The van der Waals surface area contributed by atoms with E-state index >= 15 is 0 Å². The standard InChI is InChI=1S/C18H19F3N2S/c1-11(2)15-9-4-6-12(3)16(15)23-17(24)22-14-8-5-7-13(10-14)18(19,20)21/h4-11H,1-3H3,(H2,22,23,24). The second-order valence-electron chi connectivity index (χ2n) is 5.85. The normalized spacial score (nSPS) is 11.5. The zero-order chi connectivity index (χ0) is 17.9. The van der Waals surface area contributed by atoms with Crippen LogP contribution in [0, 0.1) is 6.92 Å². The molecular formula is C18H19F3N2S. The van der Waals surface area contributed by atoms with E-state index in [1.165, 1.54) is 6.07 Å². The van der Waals surface area contributed by atoms with Crippen molar-refractivity contribution in [1.82, 2.24) is 0 Å². The average Bonchev–Trinajstić information content (AvgIpc) is 2.48. The van der Waals surface area contributed by atoms with Gasteiger partial charge in [0.25, 0.3) is 0 Å². The van der Waals surface area contributed by atoms with Gasteiger partial charge in [-0.1, -0.05) is 38.1 Å². The molecule has 0 aliphatic rings. The van der Waals surface area contributed by atoms with Crippen molar-refractivity contribution in [3.63, 3.8) is 0 Å². The Morgan fingerprint density at radius 3 is 2.33 bits per heavy atom. The minimum absolute atomic E-state index is 0.255. The lowest BCUT2D eigenvalue weighted by Crippen LogP contribution is -2.21. The van der Waals surface area contributed by atoms with Crippen LogP contribution in [0.2, 0.25) is 0 Å². The third-order valence-corrected chi connectivity index (χ3v) is 3.82. The van der Waals surface area contributed by atoms with E-state index in [0.29, 0.717) is 11.6 Å². The molecule has 0 bridgehead atoms. The maximum atomic E-state index is 12.8. The molecule has 0 fully saturated rings. The highest BCUT2D eigenvalue weighted by molar-refractivity contribution is 7.80. The van der Waals surface area contributed by atoms with Gasteiger partial charge in [0.1, 0.15) is 0 Å². The van der Waals surface area contributed by atoms with Gasteiger partial charge >= 0.3 is 6.18 Å². The summed E-state index contributed by atoms with van der Waals surface area (Å²) < 4.78 is 38.3. The Balaban J connectivity index is 2.18. The minimum atomic E-state index is -4.38. The summed E-state index contributed by atoms with van der Waals surface area (Å²) in [6.45, 7) is 6.10. The highest BCUT2D eigenvalue weighted by Crippen LogP contribution is 2.31. The van der Waals surface area contributed by atoms with Crippen molar-refractivity contribution in [2.24, 2.45) is 0 Å². The average molecular weight is 352 g/mol. The Morgan fingerprint density at radius 2 is 1.71 bits per heavy atom. The molecule has 0 radical (unpaired) electrons. The number of halogens is 3. The first kappa shape index (κ1) is 18.3. The monoisotopic (exact) mass is 352 g/mol. The number of hydrogen-bond acceptors (Lipinski definition) is 1. The fraction of sp³-hybridized carbons (Fsp3) is 0.278. The molecule has 6 heteroatoms. The molecule has 2 N–H and O–H groups in total. The molecule has 24 heavy (non-hydrogen) atoms. The number of alkyl halides is 3. The molecule has 2 rings (SSSR count). The van der Waals surface area contributed by atoms with Crippen LogP contribution in [0.3, 0.4) is 0 Å². The number of benzene rings is 2. The van der Waals surface area contributed by atoms with Gasteiger partial charge in [-0.05, 0) is 54.4 Å². The van der Waals surface area contributed by atoms with E-state index in [0.717, 1.165) is 28.9 Å². The van der Waals surface area contributed by atoms with Crippen molar-refractivity contribution < 1.29 is 13.2 Å². The third kappa shape index (κ3) is 4.47. The molecule has 0 aliphatic heterocycles. The Morgan fingerprint density at radius 1 is 1.04 bits per heavy atom. The minimum Gasteiger partial charge on any atom is -0.332 e. The molecule has 0 unspecified atom stereocenters. The lowest BCUT2D eigenvalue weighted by Gasteiger charge is -2.18. The maximum Gasteiger partial charge on any atom is 0.416 e. The number of aryl methyl sites for hydroxylation is 1. The lowest BCUT2D eigenvalue weighted by molar-refractivity contribution is -0.137. The van der Waals surface area contributed by atoms with Crippen LogP contribution in [0.1, 0.15) is 36.5 Å². The van der Waals surface area contributed by atoms with Gasteiger partial charge in [-0.2, -0.15) is 13.2 Å². The summed E-state index contributed by atoms with van der Waals surface area (Å²) in [6, 6.07) is 10.9. The summed E-state index contributed by atoms with van der Waals surface area (Å²) in [5.74, 6) is 0.295. The SMILES string of the molecule is Cc1cccc(C(C)C)c1NC(=S)Nc1cccc(C(F)(F)F)c1. The van der Waals surface area contributed by atoms with Gasteiger partial charge in [0.2, 0.25) is 0 Å². The molecule has 0 aromatic heterocycles. The molecule has 0 spiro atoms. The van der Waals surface area contributed by atoms with Crippen molar-refractivity contribution in [1.29, 1.82) is 0 Å². The second kappa shape index (κ2) is 7.21. The number of rotatable bonds is 3. The second-order valence-corrected chi connectivity index (χ2v) is 6.26. The van der Waals surface area contributed by atoms with E-state index in [1.807, 2.05) is 25.1 Å². The van der Waals surface area contributed by atoms with E-state index in [1.54, 1.807) is 6.07 Å². The molecule has 0 aliphatic carbocycles. The molecule has 0 amide bonds. The van der Waals surface area contributed by atoms with Gasteiger partial charge < -0.3 is 10.6 Å². The summed E-state index contributed by atoms with van der Waals surface area (Å²) in [7, 11) is 0. The quantitative estimate of drug-likeness (QED) is 0.668. The van der Waals surface area contributed by atoms with Crippen molar-refractivity contribution in [3.8, 4) is 0 Å². The van der Waals surface area contributed by atoms with Crippen LogP contribution < -0.4 is 10.6 Å². The molecule has 2 nitrogen and oxygen atoms in total. The first-order chi connectivity index (χ1) is 11.2. The van der Waals surface area contributed by atoms with Crippen LogP contribution in [0.4, 0.5) is 24.5 Å². The lowest BCUT2D eigenvalue weighted by atomic mass is 9.98. The van der Waals surface area contributed by atoms with Gasteiger partial charge in [-0.25, -0.2) is 0 Å². The summed E-state index contributed by atoms with van der Waals surface area (Å²) in [5, 5.41) is 6.18. The van der Waals surface area contributed by atoms with Crippen LogP contribution in [-0.2, 0) is 6.18 Å². The van der Waals surface area contributed by atoms with Gasteiger partial charge in [0, 0.05) is 11.4 Å². The Hall–Kier alpha value is -2.08. The van der Waals surface area contributed by atoms with Crippen LogP contribution in [0.5, 0.6) is 0 Å². The van der Waals surface area contributed by atoms with Crippen LogP contribution in [-0.4, -0.2) is 5.11 Å². The largest absolute Gasteiger partial charge is 0.416 e. The van der Waals surface area contributed by atoms with E-state index in [-0.39, 0.29) is 5.11 Å². The van der Waals surface area contributed by atoms with E-state index in [2.05, 4.69) is 24.5 Å². The Kier molecular flexibility index (Phi) is 5.49. The molecule has 0 saturated carbocycles. The molecule has 2 aromatic carbocycles. The van der Waals surface area contributed by atoms with Gasteiger partial charge in [-0.15, -0.1) is 0 Å². The first-order valence-electron chi connectivity index (χ1n) is 7.53. The fourth-order valence-electron chi connectivity index (χ4n) is 2.39. The number of hydrogen-bond donors (Lipinski definition) is 2. The Labute approximate surface area is 145 Å². The van der Waals surface area contributed by atoms with Gasteiger partial charge in [-0.3, -0.25) is 0 Å². The van der Waals surface area contributed by atoms with Crippen molar-refractivity contribution in [2.45, 2.75) is 32.9 Å². The molecule has 0 heterocycles. The highest BCUT2D eigenvalue weighted by Gasteiger charge is 2.30. The van der Waals surface area contributed by atoms with E-state index < -0.39 is 11.7 Å². The molecule has 0 atom stereocenters. The Bertz CT molecular complexity index is 739. The zero-order valence-corrected chi connectivity index (χ0v) is 14.5. The van der Waals surface area contributed by atoms with Crippen molar-refractivity contribution >= 4 is 28.7 Å². The predicted molar refractivity (Wildman–Crippen MR) is 96.6 cm³/mol. The summed E-state index contributed by atoms with van der Waals surface area (Å²) in [4.78, 5) is 0. The first-order valence-corrected chi connectivity index (χ1v) is 7.94. The molecule has 128 valence electrons. The van der Waals surface area contributed by atoms with Crippen LogP contribution >= 0.6 is 12.2 Å². The smallest absolute Gasteiger partial charge is 0.332 e.